The number of sulfonamides is 1. The summed E-state index contributed by atoms with van der Waals surface area (Å²) in [5.74, 6) is -0.0196. The second-order valence-corrected chi connectivity index (χ2v) is 9.97. The summed E-state index contributed by atoms with van der Waals surface area (Å²) in [6.45, 7) is 3.46. The van der Waals surface area contributed by atoms with E-state index in [1.165, 1.54) is 17.5 Å². The van der Waals surface area contributed by atoms with Gasteiger partial charge < -0.3 is 24.4 Å². The number of carbonyl (C=O) groups is 1. The lowest BCUT2D eigenvalue weighted by molar-refractivity contribution is 0.0730. The smallest absolute Gasteiger partial charge is 0.257 e. The van der Waals surface area contributed by atoms with Crippen LogP contribution in [0.3, 0.4) is 0 Å². The quantitative estimate of drug-likeness (QED) is 0.657. The molecule has 1 amide bonds. The summed E-state index contributed by atoms with van der Waals surface area (Å²) in [6.07, 6.45) is 0. The molecule has 0 aliphatic carbocycles. The predicted molar refractivity (Wildman–Crippen MR) is 125 cm³/mol. The van der Waals surface area contributed by atoms with Gasteiger partial charge in [0, 0.05) is 36.9 Å². The van der Waals surface area contributed by atoms with Crippen molar-refractivity contribution in [2.75, 3.05) is 69.9 Å². The number of carbonyl (C=O) groups excluding carboxylic acids is 1. The predicted octanol–water partition coefficient (Wildman–Crippen LogP) is 2.46. The zero-order valence-corrected chi connectivity index (χ0v) is 19.8. The maximum absolute atomic E-state index is 13.4. The van der Waals surface area contributed by atoms with Gasteiger partial charge in [0.25, 0.3) is 5.91 Å². The van der Waals surface area contributed by atoms with E-state index in [4.69, 9.17) is 25.8 Å². The summed E-state index contributed by atoms with van der Waals surface area (Å²) in [6, 6.07) is 9.56. The first-order valence-electron chi connectivity index (χ1n) is 10.6. The van der Waals surface area contributed by atoms with Crippen LogP contribution in [-0.2, 0) is 19.5 Å². The average Bonchev–Trinajstić information content (AvgIpc) is 2.85. The number of anilines is 2. The molecular weight excluding hydrogens is 470 g/mol. The molecule has 0 spiro atoms. The summed E-state index contributed by atoms with van der Waals surface area (Å²) >= 11 is 6.10. The summed E-state index contributed by atoms with van der Waals surface area (Å²) in [4.78, 5) is 15.5. The van der Waals surface area contributed by atoms with E-state index in [0.29, 0.717) is 61.7 Å². The molecule has 2 aliphatic heterocycles. The molecule has 178 valence electrons. The van der Waals surface area contributed by atoms with Gasteiger partial charge in [-0.2, -0.15) is 4.31 Å². The van der Waals surface area contributed by atoms with E-state index >= 15 is 0 Å². The first-order valence-corrected chi connectivity index (χ1v) is 12.4. The second-order valence-electron chi connectivity index (χ2n) is 7.59. The molecule has 2 aromatic rings. The Kier molecular flexibility index (Phi) is 7.40. The Hall–Kier alpha value is -2.37. The van der Waals surface area contributed by atoms with Crippen molar-refractivity contribution in [3.63, 3.8) is 0 Å². The third kappa shape index (κ3) is 5.25. The Bertz CT molecular complexity index is 1120. The molecule has 0 unspecified atom stereocenters. The van der Waals surface area contributed by atoms with Gasteiger partial charge in [-0.25, -0.2) is 8.42 Å². The van der Waals surface area contributed by atoms with Crippen molar-refractivity contribution in [1.82, 2.24) is 4.31 Å². The highest BCUT2D eigenvalue weighted by Gasteiger charge is 2.29. The van der Waals surface area contributed by atoms with Crippen LogP contribution in [0.4, 0.5) is 11.4 Å². The SMILES string of the molecule is COc1ccc(Cl)cc1NC(=O)c1cc(S(=O)(=O)N2CCOCC2)ccc1N1CCOCC1. The maximum Gasteiger partial charge on any atom is 0.257 e. The molecule has 0 atom stereocenters. The number of nitrogens with one attached hydrogen (secondary N) is 1. The van der Waals surface area contributed by atoms with Crippen LogP contribution in [0.1, 0.15) is 10.4 Å². The van der Waals surface area contributed by atoms with Crippen molar-refractivity contribution in [2.45, 2.75) is 4.90 Å². The summed E-state index contributed by atoms with van der Waals surface area (Å²) in [5, 5.41) is 3.26. The molecule has 0 bridgehead atoms. The van der Waals surface area contributed by atoms with Crippen molar-refractivity contribution in [1.29, 1.82) is 0 Å². The average molecular weight is 496 g/mol. The van der Waals surface area contributed by atoms with Crippen molar-refractivity contribution >= 4 is 38.9 Å². The number of rotatable bonds is 6. The van der Waals surface area contributed by atoms with E-state index < -0.39 is 15.9 Å². The number of hydrogen-bond acceptors (Lipinski definition) is 7. The van der Waals surface area contributed by atoms with Crippen molar-refractivity contribution < 1.29 is 27.4 Å². The highest BCUT2D eigenvalue weighted by Crippen LogP contribution is 2.31. The number of benzene rings is 2. The minimum absolute atomic E-state index is 0.0598. The van der Waals surface area contributed by atoms with E-state index in [1.54, 1.807) is 30.3 Å². The van der Waals surface area contributed by atoms with E-state index in [1.807, 2.05) is 4.90 Å². The molecule has 9 nitrogen and oxygen atoms in total. The van der Waals surface area contributed by atoms with Gasteiger partial charge in [-0.1, -0.05) is 11.6 Å². The topological polar surface area (TPSA) is 97.4 Å². The number of halogens is 1. The molecule has 0 saturated carbocycles. The number of methoxy groups -OCH3 is 1. The van der Waals surface area contributed by atoms with E-state index in [9.17, 15) is 13.2 Å². The lowest BCUT2D eigenvalue weighted by Crippen LogP contribution is -2.41. The zero-order chi connectivity index (χ0) is 23.4. The molecule has 2 heterocycles. The fraction of sp³-hybridized carbons (Fsp3) is 0.409. The standard InChI is InChI=1S/C22H26ClN3O6S/c1-30-21-5-2-16(23)14-19(21)24-22(27)18-15-17(33(28,29)26-8-12-32-13-9-26)3-4-20(18)25-6-10-31-11-7-25/h2-5,14-15H,6-13H2,1H3,(H,24,27). The van der Waals surface area contributed by atoms with Gasteiger partial charge in [0.15, 0.2) is 0 Å². The Morgan fingerprint density at radius 1 is 1.00 bits per heavy atom. The summed E-state index contributed by atoms with van der Waals surface area (Å²) in [5.41, 5.74) is 1.27. The number of nitrogens with zero attached hydrogens (tertiary/aromatic N) is 2. The van der Waals surface area contributed by atoms with E-state index in [-0.39, 0.29) is 23.5 Å². The molecule has 33 heavy (non-hydrogen) atoms. The number of ether oxygens (including phenoxy) is 3. The number of hydrogen-bond donors (Lipinski definition) is 1. The van der Waals surface area contributed by atoms with Crippen LogP contribution in [0.5, 0.6) is 5.75 Å². The van der Waals surface area contributed by atoms with Crippen molar-refractivity contribution in [3.8, 4) is 5.75 Å². The molecular formula is C22H26ClN3O6S. The van der Waals surface area contributed by atoms with Crippen LogP contribution in [0.2, 0.25) is 5.02 Å². The Morgan fingerprint density at radius 3 is 2.33 bits per heavy atom. The minimum Gasteiger partial charge on any atom is -0.495 e. The third-order valence-electron chi connectivity index (χ3n) is 5.58. The molecule has 2 aromatic carbocycles. The fourth-order valence-electron chi connectivity index (χ4n) is 3.84. The monoisotopic (exact) mass is 495 g/mol. The van der Waals surface area contributed by atoms with Crippen molar-refractivity contribution in [2.24, 2.45) is 0 Å². The molecule has 0 aromatic heterocycles. The van der Waals surface area contributed by atoms with Crippen molar-refractivity contribution in [3.05, 3.63) is 47.0 Å². The molecule has 0 radical (unpaired) electrons. The third-order valence-corrected chi connectivity index (χ3v) is 7.71. The second kappa shape index (κ2) is 10.3. The van der Waals surface area contributed by atoms with Crippen LogP contribution in [0.25, 0.3) is 0 Å². The minimum atomic E-state index is -3.77. The lowest BCUT2D eigenvalue weighted by Gasteiger charge is -2.31. The first-order chi connectivity index (χ1) is 15.9. The van der Waals surface area contributed by atoms with Crippen LogP contribution in [-0.4, -0.2) is 78.3 Å². The van der Waals surface area contributed by atoms with E-state index in [2.05, 4.69) is 5.32 Å². The Labute approximate surface area is 198 Å². The number of amides is 1. The Morgan fingerprint density at radius 2 is 1.67 bits per heavy atom. The van der Waals surface area contributed by atoms with E-state index in [0.717, 1.165) is 0 Å². The van der Waals surface area contributed by atoms with Gasteiger partial charge in [-0.05, 0) is 36.4 Å². The van der Waals surface area contributed by atoms with Gasteiger partial charge >= 0.3 is 0 Å². The summed E-state index contributed by atoms with van der Waals surface area (Å²) in [7, 11) is -2.28. The van der Waals surface area contributed by atoms with Gasteiger partial charge in [0.1, 0.15) is 5.75 Å². The molecule has 4 rings (SSSR count). The van der Waals surface area contributed by atoms with Crippen LogP contribution in [0, 0.1) is 0 Å². The Balaban J connectivity index is 1.72. The highest BCUT2D eigenvalue weighted by molar-refractivity contribution is 7.89. The van der Waals surface area contributed by atoms with Gasteiger partial charge in [0.05, 0.1) is 49.7 Å². The van der Waals surface area contributed by atoms with Gasteiger partial charge in [-0.15, -0.1) is 0 Å². The number of morpholine rings is 2. The normalized spacial score (nSPS) is 17.6. The molecule has 2 saturated heterocycles. The highest BCUT2D eigenvalue weighted by atomic mass is 35.5. The maximum atomic E-state index is 13.4. The first kappa shape index (κ1) is 23.8. The molecule has 1 N–H and O–H groups in total. The largest absolute Gasteiger partial charge is 0.495 e. The fourth-order valence-corrected chi connectivity index (χ4v) is 5.45. The molecule has 2 aliphatic rings. The van der Waals surface area contributed by atoms with Crippen LogP contribution >= 0.6 is 11.6 Å². The van der Waals surface area contributed by atoms with Crippen LogP contribution < -0.4 is 15.0 Å². The summed E-state index contributed by atoms with van der Waals surface area (Å²) < 4.78 is 43.9. The van der Waals surface area contributed by atoms with Gasteiger partial charge in [-0.3, -0.25) is 4.79 Å². The van der Waals surface area contributed by atoms with Crippen LogP contribution in [0.15, 0.2) is 41.3 Å². The van der Waals surface area contributed by atoms with Gasteiger partial charge in [0.2, 0.25) is 10.0 Å². The lowest BCUT2D eigenvalue weighted by atomic mass is 10.1. The molecule has 11 heteroatoms. The molecule has 2 fully saturated rings. The zero-order valence-electron chi connectivity index (χ0n) is 18.3.